The summed E-state index contributed by atoms with van der Waals surface area (Å²) in [5.74, 6) is 0.374. The number of halogens is 3. The fraction of sp³-hybridized carbons (Fsp3) is 0.562. The Kier molecular flexibility index (Phi) is 9.85. The van der Waals surface area contributed by atoms with Gasteiger partial charge in [0.15, 0.2) is 5.75 Å². The van der Waals surface area contributed by atoms with Crippen molar-refractivity contribution in [3.63, 3.8) is 0 Å². The van der Waals surface area contributed by atoms with E-state index < -0.39 is 0 Å². The average Bonchev–Trinajstić information content (AvgIpc) is 2.42. The largest absolute Gasteiger partial charge is 0.424 e. The fourth-order valence-corrected chi connectivity index (χ4v) is 4.44. The number of benzene rings is 1. The number of hydrogen-bond donors (Lipinski definition) is 0. The molecule has 0 aliphatic rings. The third kappa shape index (κ3) is 7.80. The lowest BCUT2D eigenvalue weighted by atomic mass is 10.1. The minimum Gasteiger partial charge on any atom is -0.424 e. The maximum atomic E-state index is 11.9. The highest BCUT2D eigenvalue weighted by Crippen LogP contribution is 2.36. The molecule has 1 aromatic carbocycles. The average molecular weight is 485 g/mol. The van der Waals surface area contributed by atoms with Crippen LogP contribution in [-0.4, -0.2) is 5.97 Å². The third-order valence-electron chi connectivity index (χ3n) is 3.16. The Morgan fingerprint density at radius 1 is 0.952 bits per heavy atom. The molecule has 1 aromatic rings. The van der Waals surface area contributed by atoms with Crippen LogP contribution in [-0.2, 0) is 4.79 Å². The zero-order valence-corrected chi connectivity index (χ0v) is 17.0. The van der Waals surface area contributed by atoms with Crippen molar-refractivity contribution in [1.29, 1.82) is 0 Å². The molecule has 0 atom stereocenters. The molecule has 0 saturated carbocycles. The van der Waals surface area contributed by atoms with Gasteiger partial charge in [-0.15, -0.1) is 0 Å². The zero-order valence-electron chi connectivity index (χ0n) is 12.3. The van der Waals surface area contributed by atoms with Gasteiger partial charge in [-0.2, -0.15) is 0 Å². The molecular weight excluding hydrogens is 464 g/mol. The second-order valence-electron chi connectivity index (χ2n) is 5.04. The smallest absolute Gasteiger partial charge is 0.311 e. The van der Waals surface area contributed by atoms with Crippen LogP contribution in [0.15, 0.2) is 25.6 Å². The summed E-state index contributed by atoms with van der Waals surface area (Å²) in [6.07, 6.45) is 8.84. The predicted octanol–water partition coefficient (Wildman–Crippen LogP) is 7.02. The van der Waals surface area contributed by atoms with E-state index in [1.54, 1.807) is 0 Å². The summed E-state index contributed by atoms with van der Waals surface area (Å²) in [5.41, 5.74) is 0. The lowest BCUT2D eigenvalue weighted by Crippen LogP contribution is -2.08. The predicted molar refractivity (Wildman–Crippen MR) is 97.8 cm³/mol. The molecule has 0 bridgehead atoms. The molecule has 2 nitrogen and oxygen atoms in total. The van der Waals surface area contributed by atoms with Gasteiger partial charge >= 0.3 is 5.97 Å². The molecule has 0 N–H and O–H groups in total. The van der Waals surface area contributed by atoms with Crippen molar-refractivity contribution in [2.45, 2.75) is 58.3 Å². The van der Waals surface area contributed by atoms with Crippen LogP contribution in [0.1, 0.15) is 58.3 Å². The highest BCUT2D eigenvalue weighted by Gasteiger charge is 2.12. The van der Waals surface area contributed by atoms with Crippen LogP contribution in [0.2, 0.25) is 0 Å². The van der Waals surface area contributed by atoms with Crippen molar-refractivity contribution in [1.82, 2.24) is 0 Å². The van der Waals surface area contributed by atoms with Gasteiger partial charge in [0.25, 0.3) is 0 Å². The van der Waals surface area contributed by atoms with Gasteiger partial charge in [0.05, 0.1) is 8.95 Å². The Balaban J connectivity index is 2.28. The number of esters is 1. The van der Waals surface area contributed by atoms with Crippen molar-refractivity contribution >= 4 is 53.8 Å². The Bertz CT molecular complexity index is 438. The Morgan fingerprint density at radius 2 is 1.48 bits per heavy atom. The monoisotopic (exact) mass is 482 g/mol. The molecule has 0 spiro atoms. The van der Waals surface area contributed by atoms with Gasteiger partial charge in [0.1, 0.15) is 0 Å². The molecule has 0 aliphatic carbocycles. The Labute approximate surface area is 152 Å². The van der Waals surface area contributed by atoms with Gasteiger partial charge in [-0.25, -0.2) is 0 Å². The van der Waals surface area contributed by atoms with E-state index in [0.717, 1.165) is 26.3 Å². The van der Waals surface area contributed by atoms with Gasteiger partial charge in [0, 0.05) is 10.9 Å². The first-order valence-corrected chi connectivity index (χ1v) is 9.77. The molecule has 0 unspecified atom stereocenters. The summed E-state index contributed by atoms with van der Waals surface area (Å²) in [5, 5.41) is 0. The molecule has 5 heteroatoms. The first kappa shape index (κ1) is 19.2. The zero-order chi connectivity index (χ0) is 15.7. The molecule has 0 aliphatic heterocycles. The van der Waals surface area contributed by atoms with Crippen molar-refractivity contribution < 1.29 is 9.53 Å². The standard InChI is InChI=1S/C16H21Br3O2/c1-2-3-4-5-6-7-8-9-15(20)21-16-13(18)10-12(17)11-14(16)19/h10-11H,2-9H2,1H3. The maximum Gasteiger partial charge on any atom is 0.311 e. The van der Waals surface area contributed by atoms with Gasteiger partial charge in [-0.3, -0.25) is 4.79 Å². The van der Waals surface area contributed by atoms with Crippen LogP contribution in [0.3, 0.4) is 0 Å². The lowest BCUT2D eigenvalue weighted by molar-refractivity contribution is -0.134. The molecular formula is C16H21Br3O2. The van der Waals surface area contributed by atoms with Gasteiger partial charge in [-0.05, 0) is 50.4 Å². The normalized spacial score (nSPS) is 10.7. The van der Waals surface area contributed by atoms with Gasteiger partial charge in [0.2, 0.25) is 0 Å². The van der Waals surface area contributed by atoms with Crippen molar-refractivity contribution in [2.24, 2.45) is 0 Å². The summed E-state index contributed by atoms with van der Waals surface area (Å²) < 4.78 is 7.87. The van der Waals surface area contributed by atoms with E-state index >= 15 is 0 Å². The second kappa shape index (κ2) is 10.8. The molecule has 0 fully saturated rings. The van der Waals surface area contributed by atoms with Crippen LogP contribution in [0.5, 0.6) is 5.75 Å². The minimum absolute atomic E-state index is 0.174. The van der Waals surface area contributed by atoms with Crippen molar-refractivity contribution in [2.75, 3.05) is 0 Å². The maximum absolute atomic E-state index is 11.9. The second-order valence-corrected chi connectivity index (χ2v) is 7.67. The molecule has 0 heterocycles. The van der Waals surface area contributed by atoms with Crippen LogP contribution >= 0.6 is 47.8 Å². The van der Waals surface area contributed by atoms with E-state index in [4.69, 9.17) is 4.74 Å². The van der Waals surface area contributed by atoms with E-state index in [2.05, 4.69) is 54.7 Å². The number of carbonyl (C=O) groups is 1. The quantitative estimate of drug-likeness (QED) is 0.214. The summed E-state index contributed by atoms with van der Waals surface area (Å²) in [7, 11) is 0. The Hall–Kier alpha value is 0.130. The van der Waals surface area contributed by atoms with E-state index in [-0.39, 0.29) is 5.97 Å². The molecule has 21 heavy (non-hydrogen) atoms. The first-order valence-electron chi connectivity index (χ1n) is 7.39. The lowest BCUT2D eigenvalue weighted by Gasteiger charge is -2.09. The topological polar surface area (TPSA) is 26.3 Å². The molecule has 1 rings (SSSR count). The number of carbonyl (C=O) groups excluding carboxylic acids is 1. The first-order chi connectivity index (χ1) is 10.0. The molecule has 0 aromatic heterocycles. The summed E-state index contributed by atoms with van der Waals surface area (Å²) in [4.78, 5) is 11.9. The van der Waals surface area contributed by atoms with E-state index in [0.29, 0.717) is 12.2 Å². The number of unbranched alkanes of at least 4 members (excludes halogenated alkanes) is 6. The molecule has 0 radical (unpaired) electrons. The van der Waals surface area contributed by atoms with E-state index in [1.807, 2.05) is 12.1 Å². The Morgan fingerprint density at radius 3 is 2.05 bits per heavy atom. The number of ether oxygens (including phenoxy) is 1. The SMILES string of the molecule is CCCCCCCCCC(=O)Oc1c(Br)cc(Br)cc1Br. The number of hydrogen-bond acceptors (Lipinski definition) is 2. The van der Waals surface area contributed by atoms with Crippen LogP contribution in [0.25, 0.3) is 0 Å². The van der Waals surface area contributed by atoms with Gasteiger partial charge < -0.3 is 4.74 Å². The van der Waals surface area contributed by atoms with E-state index in [1.165, 1.54) is 32.1 Å². The van der Waals surface area contributed by atoms with Crippen molar-refractivity contribution in [3.8, 4) is 5.75 Å². The van der Waals surface area contributed by atoms with Crippen LogP contribution < -0.4 is 4.74 Å². The molecule has 0 saturated heterocycles. The summed E-state index contributed by atoms with van der Waals surface area (Å²) >= 11 is 10.2. The fourth-order valence-electron chi connectivity index (χ4n) is 2.02. The summed E-state index contributed by atoms with van der Waals surface area (Å²) in [6.45, 7) is 2.22. The minimum atomic E-state index is -0.174. The number of rotatable bonds is 9. The van der Waals surface area contributed by atoms with Crippen LogP contribution in [0, 0.1) is 0 Å². The molecule has 0 amide bonds. The van der Waals surface area contributed by atoms with Gasteiger partial charge in [-0.1, -0.05) is 61.4 Å². The van der Waals surface area contributed by atoms with Crippen molar-refractivity contribution in [3.05, 3.63) is 25.6 Å². The highest BCUT2D eigenvalue weighted by molar-refractivity contribution is 9.11. The van der Waals surface area contributed by atoms with E-state index in [9.17, 15) is 4.79 Å². The van der Waals surface area contributed by atoms with Crippen LogP contribution in [0.4, 0.5) is 0 Å². The molecule has 118 valence electrons. The highest BCUT2D eigenvalue weighted by atomic mass is 79.9. The summed E-state index contributed by atoms with van der Waals surface area (Å²) in [6, 6.07) is 3.72. The third-order valence-corrected chi connectivity index (χ3v) is 4.80.